The third-order valence-corrected chi connectivity index (χ3v) is 9.55. The van der Waals surface area contributed by atoms with E-state index >= 15 is 0 Å². The van der Waals surface area contributed by atoms with Gasteiger partial charge in [0, 0.05) is 20.2 Å². The molecular weight excluding hydrogens is 710 g/mol. The maximum absolute atomic E-state index is 13.6. The quantitative estimate of drug-likeness (QED) is 0.0478. The second kappa shape index (κ2) is 15.7. The molecule has 0 unspecified atom stereocenters. The number of aromatic nitrogens is 3. The van der Waals surface area contributed by atoms with E-state index in [1.165, 1.54) is 53.2 Å². The zero-order valence-corrected chi connectivity index (χ0v) is 29.2. The maximum atomic E-state index is 13.6. The van der Waals surface area contributed by atoms with Crippen LogP contribution in [0.5, 0.6) is 5.75 Å². The fourth-order valence-corrected chi connectivity index (χ4v) is 5.79. The molecule has 1 amide bonds. The minimum atomic E-state index is -4.74. The number of halogens is 7. The van der Waals surface area contributed by atoms with E-state index in [2.05, 4.69) is 39.8 Å². The van der Waals surface area contributed by atoms with Crippen molar-refractivity contribution in [1.29, 1.82) is 0 Å². The SMILES string of the molecule is C[C@H](Oc1cc(-c2nn(COCC[Si](C)(C)C)c(Nc3cccc(C(F)(F)F)n3)c2C(N)=O)ccc1NSCC(F)(F)F)c1ccc(F)cc1. The lowest BCUT2D eigenvalue weighted by Crippen LogP contribution is -2.22. The number of hydrogen-bond donors (Lipinski definition) is 3. The smallest absolute Gasteiger partial charge is 0.433 e. The van der Waals surface area contributed by atoms with Crippen LogP contribution >= 0.6 is 11.9 Å². The van der Waals surface area contributed by atoms with Crippen molar-refractivity contribution in [2.45, 2.75) is 57.8 Å². The van der Waals surface area contributed by atoms with E-state index in [0.717, 1.165) is 18.2 Å². The van der Waals surface area contributed by atoms with E-state index in [1.807, 2.05) is 0 Å². The molecule has 0 saturated carbocycles. The molecule has 0 saturated heterocycles. The number of benzene rings is 2. The van der Waals surface area contributed by atoms with Crippen LogP contribution in [0.1, 0.15) is 34.6 Å². The van der Waals surface area contributed by atoms with Crippen molar-refractivity contribution in [1.82, 2.24) is 14.8 Å². The molecule has 0 aliphatic carbocycles. The van der Waals surface area contributed by atoms with Gasteiger partial charge in [0.25, 0.3) is 5.91 Å². The fourth-order valence-electron chi connectivity index (χ4n) is 4.47. The molecule has 9 nitrogen and oxygen atoms in total. The van der Waals surface area contributed by atoms with Crippen molar-refractivity contribution in [3.8, 4) is 17.0 Å². The summed E-state index contributed by atoms with van der Waals surface area (Å²) in [5.41, 5.74) is 5.35. The predicted octanol–water partition coefficient (Wildman–Crippen LogP) is 9.02. The lowest BCUT2D eigenvalue weighted by atomic mass is 10.1. The monoisotopic (exact) mass is 744 g/mol. The largest absolute Gasteiger partial charge is 0.484 e. The van der Waals surface area contributed by atoms with Gasteiger partial charge in [0.1, 0.15) is 58.7 Å². The van der Waals surface area contributed by atoms with Crippen LogP contribution in [0.25, 0.3) is 11.3 Å². The van der Waals surface area contributed by atoms with Gasteiger partial charge in [-0.25, -0.2) is 14.1 Å². The molecule has 2 heterocycles. The number of anilines is 3. The molecule has 4 aromatic rings. The Balaban J connectivity index is 1.79. The number of amides is 1. The third kappa shape index (κ3) is 10.9. The first-order valence-electron chi connectivity index (χ1n) is 15.1. The van der Waals surface area contributed by atoms with Crippen molar-refractivity contribution in [2.24, 2.45) is 5.73 Å². The highest BCUT2D eigenvalue weighted by atomic mass is 32.2. The molecule has 4 N–H and O–H groups in total. The number of hydrogen-bond acceptors (Lipinski definition) is 8. The topological polar surface area (TPSA) is 116 Å². The maximum Gasteiger partial charge on any atom is 0.433 e. The Kier molecular flexibility index (Phi) is 12.1. The fraction of sp³-hybridized carbons (Fsp3) is 0.344. The van der Waals surface area contributed by atoms with Gasteiger partial charge in [0.2, 0.25) is 0 Å². The van der Waals surface area contributed by atoms with E-state index in [9.17, 15) is 35.5 Å². The Hall–Kier alpha value is -4.29. The van der Waals surface area contributed by atoms with E-state index in [4.69, 9.17) is 15.2 Å². The number of carbonyl (C=O) groups is 1. The highest BCUT2D eigenvalue weighted by Crippen LogP contribution is 2.39. The molecule has 50 heavy (non-hydrogen) atoms. The number of nitrogens with two attached hydrogens (primary N) is 1. The Morgan fingerprint density at radius 1 is 1.04 bits per heavy atom. The highest BCUT2D eigenvalue weighted by Gasteiger charge is 2.33. The van der Waals surface area contributed by atoms with Gasteiger partial charge in [-0.05, 0) is 66.9 Å². The number of rotatable bonds is 15. The van der Waals surface area contributed by atoms with Crippen LogP contribution in [-0.4, -0.2) is 47.3 Å². The molecule has 1 atom stereocenters. The summed E-state index contributed by atoms with van der Waals surface area (Å²) in [5.74, 6) is -2.98. The van der Waals surface area contributed by atoms with Crippen molar-refractivity contribution < 1.29 is 45.0 Å². The molecule has 0 spiro atoms. The lowest BCUT2D eigenvalue weighted by Gasteiger charge is -2.19. The lowest BCUT2D eigenvalue weighted by molar-refractivity contribution is -0.141. The van der Waals surface area contributed by atoms with Crippen LogP contribution in [0.2, 0.25) is 25.7 Å². The zero-order chi connectivity index (χ0) is 36.9. The summed E-state index contributed by atoms with van der Waals surface area (Å²) in [5, 5.41) is 7.27. The number of carbonyl (C=O) groups excluding carboxylic acids is 1. The highest BCUT2D eigenvalue weighted by molar-refractivity contribution is 8.00. The molecule has 0 radical (unpaired) electrons. The minimum Gasteiger partial charge on any atom is -0.484 e. The van der Waals surface area contributed by atoms with Crippen LogP contribution in [0, 0.1) is 5.82 Å². The number of primary amides is 1. The molecule has 18 heteroatoms. The Labute approximate surface area is 288 Å². The van der Waals surface area contributed by atoms with Crippen LogP contribution in [-0.2, 0) is 17.6 Å². The molecule has 4 rings (SSSR count). The number of nitrogens with zero attached hydrogens (tertiary/aromatic N) is 3. The predicted molar refractivity (Wildman–Crippen MR) is 180 cm³/mol. The van der Waals surface area contributed by atoms with Gasteiger partial charge in [-0.2, -0.15) is 31.4 Å². The third-order valence-electron chi connectivity index (χ3n) is 7.01. The summed E-state index contributed by atoms with van der Waals surface area (Å²) in [4.78, 5) is 16.6. The van der Waals surface area contributed by atoms with Gasteiger partial charge in [-0.15, -0.1) is 0 Å². The number of alkyl halides is 6. The van der Waals surface area contributed by atoms with E-state index in [1.54, 1.807) is 6.92 Å². The van der Waals surface area contributed by atoms with Crippen molar-refractivity contribution in [2.75, 3.05) is 22.4 Å². The molecule has 0 aliphatic heterocycles. The Morgan fingerprint density at radius 3 is 2.36 bits per heavy atom. The van der Waals surface area contributed by atoms with Gasteiger partial charge in [-0.1, -0.05) is 43.9 Å². The molecular formula is C32H35F7N6O3SSi. The van der Waals surface area contributed by atoms with Crippen molar-refractivity contribution in [3.63, 3.8) is 0 Å². The standard InChI is InChI=1S/C32H35F7N6O3SSi/c1-19(20-8-11-22(33)12-9-20)48-24-16-21(10-13-23(24)44-49-17-31(34,35)36)28-27(29(40)46)30(45(43-28)18-47-14-15-50(2,3)4)42-26-7-5-6-25(41-26)32(37,38)39/h5-13,16,19,44H,14-15,17-18H2,1-4H3,(H2,40,46)(H,41,42)/t19-/m0/s1. The van der Waals surface area contributed by atoms with Gasteiger partial charge in [0.15, 0.2) is 0 Å². The van der Waals surface area contributed by atoms with Gasteiger partial charge >= 0.3 is 12.4 Å². The average molecular weight is 745 g/mol. The number of nitrogens with one attached hydrogen (secondary N) is 2. The second-order valence-electron chi connectivity index (χ2n) is 12.3. The Morgan fingerprint density at radius 2 is 1.74 bits per heavy atom. The summed E-state index contributed by atoms with van der Waals surface area (Å²) in [6.07, 6.45) is -9.92. The summed E-state index contributed by atoms with van der Waals surface area (Å²) in [7, 11) is -1.51. The summed E-state index contributed by atoms with van der Waals surface area (Å²) < 4.78 is 109. The molecule has 0 bridgehead atoms. The molecule has 2 aromatic heterocycles. The zero-order valence-electron chi connectivity index (χ0n) is 27.4. The van der Waals surface area contributed by atoms with Crippen molar-refractivity contribution >= 4 is 43.3 Å². The number of ether oxygens (including phenoxy) is 2. The van der Waals surface area contributed by atoms with Crippen LogP contribution in [0.15, 0.2) is 60.7 Å². The first kappa shape index (κ1) is 38.5. The van der Waals surface area contributed by atoms with Gasteiger partial charge in [0.05, 0.1) is 5.69 Å². The summed E-state index contributed by atoms with van der Waals surface area (Å²) in [6, 6.07) is 13.7. The molecule has 0 aliphatic rings. The first-order chi connectivity index (χ1) is 23.3. The number of pyridine rings is 1. The minimum absolute atomic E-state index is 0.0189. The van der Waals surface area contributed by atoms with Crippen molar-refractivity contribution in [3.05, 3.63) is 83.3 Å². The summed E-state index contributed by atoms with van der Waals surface area (Å²) in [6.45, 7) is 8.22. The first-order valence-corrected chi connectivity index (χ1v) is 19.8. The second-order valence-corrected chi connectivity index (χ2v) is 18.7. The van der Waals surface area contributed by atoms with Gasteiger partial charge in [-0.3, -0.25) is 4.79 Å². The van der Waals surface area contributed by atoms with E-state index in [0.29, 0.717) is 24.1 Å². The van der Waals surface area contributed by atoms with E-state index in [-0.39, 0.29) is 46.6 Å². The van der Waals surface area contributed by atoms with Crippen LogP contribution in [0.3, 0.4) is 0 Å². The van der Waals surface area contributed by atoms with E-state index < -0.39 is 49.7 Å². The Bertz CT molecular complexity index is 1780. The van der Waals surface area contributed by atoms with Gasteiger partial charge < -0.3 is 25.2 Å². The normalized spacial score (nSPS) is 12.9. The molecule has 2 aromatic carbocycles. The molecule has 0 fully saturated rings. The average Bonchev–Trinajstić information content (AvgIpc) is 3.37. The van der Waals surface area contributed by atoms with Crippen LogP contribution < -0.4 is 20.5 Å². The summed E-state index contributed by atoms with van der Waals surface area (Å²) >= 11 is 0.376. The van der Waals surface area contributed by atoms with Crippen LogP contribution in [0.4, 0.5) is 48.1 Å². The molecule has 270 valence electrons.